The highest BCUT2D eigenvalue weighted by atomic mass is 35.5. The van der Waals surface area contributed by atoms with E-state index in [1.54, 1.807) is 17.2 Å². The molecule has 1 aliphatic heterocycles. The number of aromatic carboxylic acids is 1. The number of nitrogens with zero attached hydrogens (tertiary/aromatic N) is 3. The molecule has 0 radical (unpaired) electrons. The Morgan fingerprint density at radius 1 is 1.24 bits per heavy atom. The molecule has 1 saturated carbocycles. The number of anilines is 1. The van der Waals surface area contributed by atoms with Gasteiger partial charge in [0.15, 0.2) is 5.82 Å². The van der Waals surface area contributed by atoms with Crippen molar-refractivity contribution in [2.75, 3.05) is 4.90 Å². The number of benzene rings is 1. The molecular weight excluding hydrogens is 404 g/mol. The summed E-state index contributed by atoms with van der Waals surface area (Å²) in [5.74, 6) is -3.14. The van der Waals surface area contributed by atoms with Crippen LogP contribution >= 0.6 is 12.4 Å². The van der Waals surface area contributed by atoms with Crippen molar-refractivity contribution in [2.45, 2.75) is 32.0 Å². The van der Waals surface area contributed by atoms with E-state index in [1.807, 2.05) is 6.07 Å². The average molecular weight is 420 g/mol. The van der Waals surface area contributed by atoms with Gasteiger partial charge in [0.2, 0.25) is 5.43 Å². The molecule has 5 rings (SSSR count). The van der Waals surface area contributed by atoms with Crippen molar-refractivity contribution in [1.82, 2.24) is 9.55 Å². The Morgan fingerprint density at radius 3 is 2.66 bits per heavy atom. The smallest absolute Gasteiger partial charge is 0.341 e. The molecule has 2 aliphatic rings. The van der Waals surface area contributed by atoms with E-state index in [0.717, 1.165) is 30.2 Å². The maximum atomic E-state index is 15.6. The van der Waals surface area contributed by atoms with Crippen molar-refractivity contribution < 1.29 is 18.7 Å². The number of rotatable bonds is 3. The molecule has 0 atom stereocenters. The predicted molar refractivity (Wildman–Crippen MR) is 105 cm³/mol. The van der Waals surface area contributed by atoms with Crippen LogP contribution < -0.4 is 10.3 Å². The minimum atomic E-state index is -1.41. The Balaban J connectivity index is 0.00000205. The highest BCUT2D eigenvalue weighted by Crippen LogP contribution is 2.40. The number of hydrogen-bond donors (Lipinski definition) is 1. The van der Waals surface area contributed by atoms with Crippen LogP contribution in [0.4, 0.5) is 14.5 Å². The van der Waals surface area contributed by atoms with Gasteiger partial charge in [0, 0.05) is 25.0 Å². The van der Waals surface area contributed by atoms with Crippen LogP contribution in [0, 0.1) is 11.6 Å². The van der Waals surface area contributed by atoms with E-state index >= 15 is 4.39 Å². The van der Waals surface area contributed by atoms with Gasteiger partial charge in [0.25, 0.3) is 0 Å². The summed E-state index contributed by atoms with van der Waals surface area (Å²) in [4.78, 5) is 29.7. The zero-order valence-electron chi connectivity index (χ0n) is 15.1. The summed E-state index contributed by atoms with van der Waals surface area (Å²) in [5.41, 5.74) is 0.0171. The van der Waals surface area contributed by atoms with Gasteiger partial charge in [-0.25, -0.2) is 13.6 Å². The molecule has 9 heteroatoms. The van der Waals surface area contributed by atoms with Crippen molar-refractivity contribution in [3.63, 3.8) is 0 Å². The first-order valence-corrected chi connectivity index (χ1v) is 8.93. The summed E-state index contributed by atoms with van der Waals surface area (Å²) in [5, 5.41) is 9.05. The lowest BCUT2D eigenvalue weighted by Crippen LogP contribution is -2.23. The Kier molecular flexibility index (Phi) is 4.53. The van der Waals surface area contributed by atoms with Gasteiger partial charge in [-0.1, -0.05) is 6.07 Å². The van der Waals surface area contributed by atoms with Crippen LogP contribution in [-0.4, -0.2) is 20.6 Å². The third-order valence-corrected chi connectivity index (χ3v) is 5.36. The molecule has 6 nitrogen and oxygen atoms in total. The summed E-state index contributed by atoms with van der Waals surface area (Å²) in [7, 11) is 0. The predicted octanol–water partition coefficient (Wildman–Crippen LogP) is 3.65. The van der Waals surface area contributed by atoms with Gasteiger partial charge in [0.1, 0.15) is 17.1 Å². The number of hydrogen-bond acceptors (Lipinski definition) is 4. The van der Waals surface area contributed by atoms with E-state index in [2.05, 4.69) is 4.98 Å². The molecule has 0 unspecified atom stereocenters. The fourth-order valence-electron chi connectivity index (χ4n) is 3.87. The van der Waals surface area contributed by atoms with E-state index in [9.17, 15) is 19.1 Å². The maximum Gasteiger partial charge on any atom is 0.341 e. The van der Waals surface area contributed by atoms with Crippen LogP contribution in [0.25, 0.3) is 10.9 Å². The van der Waals surface area contributed by atoms with Crippen LogP contribution in [0.3, 0.4) is 0 Å². The Hall–Kier alpha value is -3.00. The lowest BCUT2D eigenvalue weighted by molar-refractivity contribution is 0.0695. The highest BCUT2D eigenvalue weighted by Gasteiger charge is 2.32. The molecule has 0 bridgehead atoms. The van der Waals surface area contributed by atoms with Gasteiger partial charge in [-0.05, 0) is 30.5 Å². The molecule has 29 heavy (non-hydrogen) atoms. The molecular formula is C20H16ClF2N3O3. The van der Waals surface area contributed by atoms with Gasteiger partial charge in [-0.3, -0.25) is 9.78 Å². The Labute approximate surface area is 169 Å². The highest BCUT2D eigenvalue weighted by molar-refractivity contribution is 5.94. The molecule has 0 amide bonds. The lowest BCUT2D eigenvalue weighted by Gasteiger charge is -2.21. The average Bonchev–Trinajstić information content (AvgIpc) is 3.41. The molecule has 1 fully saturated rings. The van der Waals surface area contributed by atoms with Gasteiger partial charge in [-0.15, -0.1) is 12.4 Å². The molecule has 3 heterocycles. The maximum absolute atomic E-state index is 15.6. The van der Waals surface area contributed by atoms with Crippen molar-refractivity contribution in [3.05, 3.63) is 69.3 Å². The zero-order valence-corrected chi connectivity index (χ0v) is 15.9. The Morgan fingerprint density at radius 2 is 2.00 bits per heavy atom. The SMILES string of the molecule is Cl.O=C(O)c1cn(C2CC2)c2c(F)c(N3Cc4cccnc4C3)c(F)cc2c1=O. The number of aromatic nitrogens is 2. The minimum absolute atomic E-state index is 0. The van der Waals surface area contributed by atoms with E-state index in [0.29, 0.717) is 6.54 Å². The van der Waals surface area contributed by atoms with E-state index in [1.165, 1.54) is 10.8 Å². The van der Waals surface area contributed by atoms with Gasteiger partial charge in [0.05, 0.1) is 23.1 Å². The standard InChI is InChI=1S/C20H15F2N3O3.ClH/c21-14-6-12-17(25(11-3-4-11)8-13(19(12)26)20(27)28)16(22)18(14)24-7-10-2-1-5-23-15(10)9-24;/h1-2,5-6,8,11H,3-4,7,9H2,(H,27,28);1H. The summed E-state index contributed by atoms with van der Waals surface area (Å²) in [6, 6.07) is 4.50. The van der Waals surface area contributed by atoms with Crippen molar-refractivity contribution in [1.29, 1.82) is 0 Å². The number of halogens is 3. The van der Waals surface area contributed by atoms with Gasteiger partial charge < -0.3 is 14.6 Å². The Bertz CT molecular complexity index is 1200. The van der Waals surface area contributed by atoms with E-state index in [4.69, 9.17) is 0 Å². The largest absolute Gasteiger partial charge is 0.477 e. The quantitative estimate of drug-likeness (QED) is 0.701. The van der Waals surface area contributed by atoms with Crippen LogP contribution in [-0.2, 0) is 13.1 Å². The summed E-state index contributed by atoms with van der Waals surface area (Å²) in [6.07, 6.45) is 4.31. The molecule has 1 aliphatic carbocycles. The number of carboxylic acid groups (broad SMARTS) is 1. The van der Waals surface area contributed by atoms with E-state index in [-0.39, 0.29) is 41.6 Å². The lowest BCUT2D eigenvalue weighted by atomic mass is 10.1. The van der Waals surface area contributed by atoms with Crippen LogP contribution in [0.2, 0.25) is 0 Å². The molecule has 0 spiro atoms. The minimum Gasteiger partial charge on any atom is -0.477 e. The molecule has 1 N–H and O–H groups in total. The summed E-state index contributed by atoms with van der Waals surface area (Å²) in [6.45, 7) is 0.569. The van der Waals surface area contributed by atoms with Crippen molar-refractivity contribution >= 4 is 35.0 Å². The molecule has 3 aromatic rings. The number of fused-ring (bicyclic) bond motifs is 2. The summed E-state index contributed by atoms with van der Waals surface area (Å²) < 4.78 is 31.9. The number of pyridine rings is 2. The number of carbonyl (C=O) groups is 1. The van der Waals surface area contributed by atoms with Crippen LogP contribution in [0.15, 0.2) is 35.4 Å². The fourth-order valence-corrected chi connectivity index (χ4v) is 3.87. The molecule has 150 valence electrons. The fraction of sp³-hybridized carbons (Fsp3) is 0.250. The second-order valence-corrected chi connectivity index (χ2v) is 7.20. The normalized spacial score (nSPS) is 15.3. The van der Waals surface area contributed by atoms with Gasteiger partial charge >= 0.3 is 5.97 Å². The van der Waals surface area contributed by atoms with E-state index < -0.39 is 28.6 Å². The first kappa shape index (κ1) is 19.3. The monoisotopic (exact) mass is 419 g/mol. The molecule has 1 aromatic carbocycles. The topological polar surface area (TPSA) is 75.4 Å². The summed E-state index contributed by atoms with van der Waals surface area (Å²) >= 11 is 0. The van der Waals surface area contributed by atoms with Crippen LogP contribution in [0.5, 0.6) is 0 Å². The molecule has 0 saturated heterocycles. The first-order valence-electron chi connectivity index (χ1n) is 8.93. The van der Waals surface area contributed by atoms with Gasteiger partial charge in [-0.2, -0.15) is 0 Å². The van der Waals surface area contributed by atoms with Crippen LogP contribution in [0.1, 0.15) is 40.5 Å². The zero-order chi connectivity index (χ0) is 19.6. The number of carboxylic acids is 1. The van der Waals surface area contributed by atoms with Crippen molar-refractivity contribution in [2.24, 2.45) is 0 Å². The third kappa shape index (κ3) is 2.95. The third-order valence-electron chi connectivity index (χ3n) is 5.36. The van der Waals surface area contributed by atoms with Crippen molar-refractivity contribution in [3.8, 4) is 0 Å². The second-order valence-electron chi connectivity index (χ2n) is 7.20. The first-order chi connectivity index (χ1) is 13.5. The molecule has 2 aromatic heterocycles. The second kappa shape index (κ2) is 6.81.